The average molecular weight is 356 g/mol. The van der Waals surface area contributed by atoms with Crippen LogP contribution in [-0.2, 0) is 6.54 Å². The molecule has 0 amide bonds. The van der Waals surface area contributed by atoms with Crippen molar-refractivity contribution in [1.82, 2.24) is 14.6 Å². The molecule has 1 N–H and O–H groups in total. The van der Waals surface area contributed by atoms with E-state index in [2.05, 4.69) is 31.3 Å². The molecule has 1 aromatic carbocycles. The van der Waals surface area contributed by atoms with E-state index in [4.69, 9.17) is 11.6 Å². The van der Waals surface area contributed by atoms with E-state index in [0.29, 0.717) is 16.8 Å². The van der Waals surface area contributed by atoms with Gasteiger partial charge in [-0.05, 0) is 33.1 Å². The number of halogens is 3. The fourth-order valence-corrected chi connectivity index (χ4v) is 2.44. The van der Waals surface area contributed by atoms with Gasteiger partial charge in [0, 0.05) is 12.7 Å². The van der Waals surface area contributed by atoms with Gasteiger partial charge in [-0.15, -0.1) is 5.10 Å². The molecule has 0 saturated heterocycles. The molecule has 2 heterocycles. The number of nitrogens with one attached hydrogen (secondary N) is 1. The Morgan fingerprint density at radius 3 is 2.80 bits per heavy atom. The van der Waals surface area contributed by atoms with Crippen LogP contribution in [-0.4, -0.2) is 14.6 Å². The number of fused-ring (bicyclic) bond motifs is 1. The summed E-state index contributed by atoms with van der Waals surface area (Å²) < 4.78 is 15.7. The Kier molecular flexibility index (Phi) is 3.58. The lowest BCUT2D eigenvalue weighted by molar-refractivity contribution is 0.633. The largest absolute Gasteiger partial charge is 0.364 e. The van der Waals surface area contributed by atoms with Crippen molar-refractivity contribution in [3.8, 4) is 0 Å². The Balaban J connectivity index is 1.98. The van der Waals surface area contributed by atoms with Crippen molar-refractivity contribution in [2.45, 2.75) is 6.54 Å². The van der Waals surface area contributed by atoms with E-state index in [1.54, 1.807) is 0 Å². The van der Waals surface area contributed by atoms with Crippen molar-refractivity contribution in [3.05, 3.63) is 57.7 Å². The Labute approximate surface area is 127 Å². The highest BCUT2D eigenvalue weighted by atomic mass is 79.9. The standard InChI is InChI=1S/C13H9BrClFN4/c14-9-7-20-11(10(9)16)12(18-13(15)19-20)17-6-8-4-2-1-3-5-8/h1-5,7H,6H2,(H,17,18,19). The summed E-state index contributed by atoms with van der Waals surface area (Å²) in [5, 5.41) is 7.07. The lowest BCUT2D eigenvalue weighted by Gasteiger charge is -2.07. The van der Waals surface area contributed by atoms with Gasteiger partial charge in [0.15, 0.2) is 11.6 Å². The fourth-order valence-electron chi connectivity index (χ4n) is 1.89. The van der Waals surface area contributed by atoms with Gasteiger partial charge in [-0.1, -0.05) is 30.3 Å². The van der Waals surface area contributed by atoms with Crippen molar-refractivity contribution in [2.75, 3.05) is 5.32 Å². The third kappa shape index (κ3) is 2.48. The van der Waals surface area contributed by atoms with Crippen LogP contribution < -0.4 is 5.32 Å². The first kappa shape index (κ1) is 13.3. The van der Waals surface area contributed by atoms with Crippen LogP contribution >= 0.6 is 27.5 Å². The van der Waals surface area contributed by atoms with Crippen LogP contribution in [0.4, 0.5) is 10.2 Å². The van der Waals surface area contributed by atoms with E-state index in [9.17, 15) is 4.39 Å². The Hall–Kier alpha value is -1.66. The van der Waals surface area contributed by atoms with Crippen LogP contribution in [0.1, 0.15) is 5.56 Å². The van der Waals surface area contributed by atoms with Gasteiger partial charge in [0.1, 0.15) is 5.52 Å². The molecule has 0 saturated carbocycles. The summed E-state index contributed by atoms with van der Waals surface area (Å²) in [6.07, 6.45) is 1.51. The number of benzene rings is 1. The minimum absolute atomic E-state index is 0.0514. The maximum atomic E-state index is 14.0. The molecule has 20 heavy (non-hydrogen) atoms. The molecule has 4 nitrogen and oxygen atoms in total. The normalized spacial score (nSPS) is 10.9. The first-order valence-corrected chi connectivity index (χ1v) is 7.00. The second-order valence-corrected chi connectivity index (χ2v) is 5.35. The minimum Gasteiger partial charge on any atom is -0.364 e. The second-order valence-electron chi connectivity index (χ2n) is 4.15. The van der Waals surface area contributed by atoms with Gasteiger partial charge in [-0.2, -0.15) is 4.98 Å². The van der Waals surface area contributed by atoms with Crippen LogP contribution in [0.15, 0.2) is 41.0 Å². The fraction of sp³-hybridized carbons (Fsp3) is 0.0769. The summed E-state index contributed by atoms with van der Waals surface area (Å²) in [6.45, 7) is 0.520. The molecular weight excluding hydrogens is 347 g/mol. The van der Waals surface area contributed by atoms with Crippen molar-refractivity contribution in [1.29, 1.82) is 0 Å². The molecule has 0 spiro atoms. The van der Waals surface area contributed by atoms with E-state index in [1.807, 2.05) is 30.3 Å². The first-order valence-electron chi connectivity index (χ1n) is 5.83. The zero-order chi connectivity index (χ0) is 14.1. The minimum atomic E-state index is -0.419. The van der Waals surface area contributed by atoms with E-state index < -0.39 is 5.82 Å². The zero-order valence-electron chi connectivity index (χ0n) is 10.1. The van der Waals surface area contributed by atoms with Gasteiger partial charge >= 0.3 is 0 Å². The van der Waals surface area contributed by atoms with Crippen LogP contribution in [0.5, 0.6) is 0 Å². The number of anilines is 1. The molecule has 0 aliphatic heterocycles. The molecule has 0 bridgehead atoms. The van der Waals surface area contributed by atoms with Gasteiger partial charge < -0.3 is 5.32 Å². The number of hydrogen-bond donors (Lipinski definition) is 1. The molecule has 7 heteroatoms. The molecule has 2 aromatic heterocycles. The molecule has 0 fully saturated rings. The summed E-state index contributed by atoms with van der Waals surface area (Å²) in [5.74, 6) is -0.0609. The van der Waals surface area contributed by atoms with E-state index in [-0.39, 0.29) is 10.8 Å². The Morgan fingerprint density at radius 2 is 2.05 bits per heavy atom. The highest BCUT2D eigenvalue weighted by Gasteiger charge is 2.15. The van der Waals surface area contributed by atoms with Crippen LogP contribution in [0, 0.1) is 5.82 Å². The average Bonchev–Trinajstić information content (AvgIpc) is 2.72. The highest BCUT2D eigenvalue weighted by molar-refractivity contribution is 9.10. The smallest absolute Gasteiger partial charge is 0.243 e. The number of rotatable bonds is 3. The molecule has 0 aliphatic rings. The molecule has 0 aliphatic carbocycles. The molecule has 0 radical (unpaired) electrons. The van der Waals surface area contributed by atoms with Gasteiger partial charge in [0.25, 0.3) is 0 Å². The van der Waals surface area contributed by atoms with Crippen molar-refractivity contribution in [2.24, 2.45) is 0 Å². The van der Waals surface area contributed by atoms with E-state index in [0.717, 1.165) is 5.56 Å². The number of hydrogen-bond acceptors (Lipinski definition) is 3. The topological polar surface area (TPSA) is 42.2 Å². The van der Waals surface area contributed by atoms with Gasteiger partial charge in [0.05, 0.1) is 4.47 Å². The van der Waals surface area contributed by atoms with Crippen molar-refractivity contribution in [3.63, 3.8) is 0 Å². The predicted molar refractivity (Wildman–Crippen MR) is 79.4 cm³/mol. The summed E-state index contributed by atoms with van der Waals surface area (Å²) in [4.78, 5) is 4.05. The second kappa shape index (κ2) is 5.38. The predicted octanol–water partition coefficient (Wildman–Crippen LogP) is 3.90. The van der Waals surface area contributed by atoms with E-state index in [1.165, 1.54) is 10.7 Å². The summed E-state index contributed by atoms with van der Waals surface area (Å²) in [6, 6.07) is 9.75. The van der Waals surface area contributed by atoms with Crippen LogP contribution in [0.25, 0.3) is 5.52 Å². The van der Waals surface area contributed by atoms with Crippen molar-refractivity contribution >= 4 is 38.9 Å². The third-order valence-electron chi connectivity index (χ3n) is 2.80. The quantitative estimate of drug-likeness (QED) is 0.775. The maximum absolute atomic E-state index is 14.0. The maximum Gasteiger partial charge on any atom is 0.243 e. The van der Waals surface area contributed by atoms with Gasteiger partial charge in [0.2, 0.25) is 5.28 Å². The van der Waals surface area contributed by atoms with Crippen LogP contribution in [0.3, 0.4) is 0 Å². The molecule has 0 atom stereocenters. The molecule has 102 valence electrons. The van der Waals surface area contributed by atoms with Gasteiger partial charge in [-0.3, -0.25) is 0 Å². The molecule has 3 rings (SSSR count). The monoisotopic (exact) mass is 354 g/mol. The molecule has 3 aromatic rings. The Bertz CT molecular complexity index is 760. The summed E-state index contributed by atoms with van der Waals surface area (Å²) in [5.41, 5.74) is 1.32. The number of nitrogens with zero attached hydrogens (tertiary/aromatic N) is 3. The SMILES string of the molecule is Fc1c(Br)cn2nc(Cl)nc(NCc3ccccc3)c12. The Morgan fingerprint density at radius 1 is 1.30 bits per heavy atom. The van der Waals surface area contributed by atoms with E-state index >= 15 is 0 Å². The highest BCUT2D eigenvalue weighted by Crippen LogP contribution is 2.27. The lowest BCUT2D eigenvalue weighted by atomic mass is 10.2. The summed E-state index contributed by atoms with van der Waals surface area (Å²) >= 11 is 8.98. The lowest BCUT2D eigenvalue weighted by Crippen LogP contribution is -2.06. The van der Waals surface area contributed by atoms with Gasteiger partial charge in [-0.25, -0.2) is 8.91 Å². The summed E-state index contributed by atoms with van der Waals surface area (Å²) in [7, 11) is 0. The third-order valence-corrected chi connectivity index (χ3v) is 3.52. The zero-order valence-corrected chi connectivity index (χ0v) is 12.5. The van der Waals surface area contributed by atoms with Crippen molar-refractivity contribution < 1.29 is 4.39 Å². The van der Waals surface area contributed by atoms with Crippen LogP contribution in [0.2, 0.25) is 5.28 Å². The first-order chi connectivity index (χ1) is 9.65. The number of aromatic nitrogens is 3. The molecule has 0 unspecified atom stereocenters. The molecular formula is C13H9BrClFN4.